The molecule has 23 heavy (non-hydrogen) atoms. The highest BCUT2D eigenvalue weighted by molar-refractivity contribution is 6.30. The molecule has 1 aromatic carbocycles. The Kier molecular flexibility index (Phi) is 6.42. The van der Waals surface area contributed by atoms with Gasteiger partial charge in [0.15, 0.2) is 0 Å². The molecule has 6 heteroatoms. The summed E-state index contributed by atoms with van der Waals surface area (Å²) in [5.74, 6) is 0.0803. The average Bonchev–Trinajstić information content (AvgIpc) is 2.99. The van der Waals surface area contributed by atoms with Crippen molar-refractivity contribution in [1.82, 2.24) is 15.1 Å². The number of hydrogen-bond acceptors (Lipinski definition) is 3. The van der Waals surface area contributed by atoms with Gasteiger partial charge in [0.1, 0.15) is 0 Å². The van der Waals surface area contributed by atoms with Crippen LogP contribution in [0.3, 0.4) is 0 Å². The maximum Gasteiger partial charge on any atom is 0.251 e. The van der Waals surface area contributed by atoms with Crippen LogP contribution in [0.1, 0.15) is 29.6 Å². The fourth-order valence-corrected chi connectivity index (χ4v) is 2.98. The van der Waals surface area contributed by atoms with Crippen molar-refractivity contribution in [1.29, 1.82) is 0 Å². The molecular weight excluding hydrogens is 314 g/mol. The van der Waals surface area contributed by atoms with Gasteiger partial charge in [-0.05, 0) is 50.1 Å². The van der Waals surface area contributed by atoms with Crippen molar-refractivity contribution in [3.05, 3.63) is 34.9 Å². The van der Waals surface area contributed by atoms with Crippen LogP contribution in [0.15, 0.2) is 24.3 Å². The number of nitrogens with one attached hydrogen (secondary N) is 1. The second kappa shape index (κ2) is 8.31. The van der Waals surface area contributed by atoms with Crippen LogP contribution in [0.2, 0.25) is 5.02 Å². The Morgan fingerprint density at radius 1 is 1.30 bits per heavy atom. The zero-order chi connectivity index (χ0) is 16.8. The molecule has 0 radical (unpaired) electrons. The van der Waals surface area contributed by atoms with Gasteiger partial charge in [0, 0.05) is 37.8 Å². The molecule has 1 saturated heterocycles. The third-order valence-corrected chi connectivity index (χ3v) is 4.36. The molecule has 0 bridgehead atoms. The van der Waals surface area contributed by atoms with E-state index in [1.165, 1.54) is 0 Å². The maximum absolute atomic E-state index is 12.1. The molecule has 1 aromatic rings. The second-order valence-corrected chi connectivity index (χ2v) is 6.48. The lowest BCUT2D eigenvalue weighted by atomic mass is 10.2. The zero-order valence-electron chi connectivity index (χ0n) is 13.7. The molecule has 0 unspecified atom stereocenters. The molecule has 1 aliphatic heterocycles. The van der Waals surface area contributed by atoms with E-state index in [1.807, 2.05) is 0 Å². The normalized spacial score (nSPS) is 18.0. The number of nitrogens with zero attached hydrogens (tertiary/aromatic N) is 2. The van der Waals surface area contributed by atoms with Crippen molar-refractivity contribution in [2.24, 2.45) is 0 Å². The Bertz CT molecular complexity index is 545. The van der Waals surface area contributed by atoms with E-state index in [0.29, 0.717) is 17.1 Å². The van der Waals surface area contributed by atoms with Gasteiger partial charge in [-0.3, -0.25) is 14.5 Å². The van der Waals surface area contributed by atoms with Gasteiger partial charge in [-0.25, -0.2) is 0 Å². The van der Waals surface area contributed by atoms with Crippen LogP contribution in [-0.4, -0.2) is 61.4 Å². The second-order valence-electron chi connectivity index (χ2n) is 6.04. The molecule has 0 saturated carbocycles. The zero-order valence-corrected chi connectivity index (χ0v) is 14.5. The fraction of sp³-hybridized carbons (Fsp3) is 0.529. The smallest absolute Gasteiger partial charge is 0.251 e. The number of likely N-dealkylation sites (N-methyl/N-ethyl adjacent to an activating group) is 1. The predicted molar refractivity (Wildman–Crippen MR) is 91.7 cm³/mol. The summed E-state index contributed by atoms with van der Waals surface area (Å²) in [5, 5.41) is 3.52. The van der Waals surface area contributed by atoms with Crippen molar-refractivity contribution < 1.29 is 9.59 Å². The number of amides is 2. The van der Waals surface area contributed by atoms with E-state index in [4.69, 9.17) is 11.6 Å². The summed E-state index contributed by atoms with van der Waals surface area (Å²) in [6, 6.07) is 6.83. The monoisotopic (exact) mass is 337 g/mol. The number of benzene rings is 1. The lowest BCUT2D eigenvalue weighted by Gasteiger charge is -2.26. The molecule has 126 valence electrons. The lowest BCUT2D eigenvalue weighted by molar-refractivity contribution is -0.133. The van der Waals surface area contributed by atoms with Gasteiger partial charge in [-0.15, -0.1) is 0 Å². The van der Waals surface area contributed by atoms with Crippen molar-refractivity contribution in [2.75, 3.05) is 33.7 Å². The first-order chi connectivity index (χ1) is 11.0. The first-order valence-corrected chi connectivity index (χ1v) is 8.36. The van der Waals surface area contributed by atoms with Gasteiger partial charge in [0.25, 0.3) is 5.91 Å². The Balaban J connectivity index is 1.73. The number of carbonyl (C=O) groups excluding carboxylic acids is 2. The third kappa shape index (κ3) is 4.94. The number of hydrogen-bond donors (Lipinski definition) is 1. The summed E-state index contributed by atoms with van der Waals surface area (Å²) >= 11 is 5.81. The Morgan fingerprint density at radius 3 is 2.65 bits per heavy atom. The predicted octanol–water partition coefficient (Wildman–Crippen LogP) is 2.01. The molecule has 2 amide bonds. The largest absolute Gasteiger partial charge is 0.352 e. The van der Waals surface area contributed by atoms with Crippen LogP contribution in [0.5, 0.6) is 0 Å². The SMILES string of the molecule is CN(C)C(=O)[C@@H]1CCCN1CCCNC(=O)c1ccc(Cl)cc1. The van der Waals surface area contributed by atoms with Crippen LogP contribution < -0.4 is 5.32 Å². The molecule has 1 atom stereocenters. The molecular formula is C17H24ClN3O2. The van der Waals surface area contributed by atoms with Crippen LogP contribution in [-0.2, 0) is 4.79 Å². The highest BCUT2D eigenvalue weighted by Crippen LogP contribution is 2.18. The lowest BCUT2D eigenvalue weighted by Crippen LogP contribution is -2.43. The van der Waals surface area contributed by atoms with Crippen molar-refractivity contribution in [3.8, 4) is 0 Å². The third-order valence-electron chi connectivity index (χ3n) is 4.10. The summed E-state index contributed by atoms with van der Waals surface area (Å²) in [6.45, 7) is 2.38. The highest BCUT2D eigenvalue weighted by Gasteiger charge is 2.30. The van der Waals surface area contributed by atoms with E-state index in [2.05, 4.69) is 10.2 Å². The van der Waals surface area contributed by atoms with Crippen LogP contribution in [0, 0.1) is 0 Å². The molecule has 1 aliphatic rings. The molecule has 2 rings (SSSR count). The first-order valence-electron chi connectivity index (χ1n) is 7.98. The molecule has 1 fully saturated rings. The molecule has 1 N–H and O–H groups in total. The van der Waals surface area contributed by atoms with Gasteiger partial charge in [0.05, 0.1) is 6.04 Å². The summed E-state index contributed by atoms with van der Waals surface area (Å²) in [4.78, 5) is 28.0. The van der Waals surface area contributed by atoms with Crippen LogP contribution in [0.4, 0.5) is 0 Å². The standard InChI is InChI=1S/C17H24ClN3O2/c1-20(2)17(23)15-5-3-11-21(15)12-4-10-19-16(22)13-6-8-14(18)9-7-13/h6-9,15H,3-5,10-12H2,1-2H3,(H,19,22)/t15-/m0/s1. The van der Waals surface area contributed by atoms with E-state index in [-0.39, 0.29) is 17.9 Å². The minimum Gasteiger partial charge on any atom is -0.352 e. The molecule has 5 nitrogen and oxygen atoms in total. The van der Waals surface area contributed by atoms with Gasteiger partial charge < -0.3 is 10.2 Å². The summed E-state index contributed by atoms with van der Waals surface area (Å²) in [6.07, 6.45) is 2.81. The molecule has 0 aromatic heterocycles. The first kappa shape index (κ1) is 17.8. The van der Waals surface area contributed by atoms with Gasteiger partial charge >= 0.3 is 0 Å². The molecule has 0 spiro atoms. The van der Waals surface area contributed by atoms with E-state index in [9.17, 15) is 9.59 Å². The minimum atomic E-state index is -0.0935. The van der Waals surface area contributed by atoms with E-state index in [0.717, 1.165) is 32.4 Å². The molecule has 1 heterocycles. The highest BCUT2D eigenvalue weighted by atomic mass is 35.5. The van der Waals surface area contributed by atoms with E-state index in [1.54, 1.807) is 43.3 Å². The van der Waals surface area contributed by atoms with Crippen LogP contribution >= 0.6 is 11.6 Å². The maximum atomic E-state index is 12.1. The summed E-state index contributed by atoms with van der Waals surface area (Å²) in [5.41, 5.74) is 0.608. The van der Waals surface area contributed by atoms with Crippen molar-refractivity contribution >= 4 is 23.4 Å². The van der Waals surface area contributed by atoms with Gasteiger partial charge in [-0.1, -0.05) is 11.6 Å². The van der Waals surface area contributed by atoms with E-state index >= 15 is 0 Å². The van der Waals surface area contributed by atoms with Gasteiger partial charge in [-0.2, -0.15) is 0 Å². The number of rotatable bonds is 6. The average molecular weight is 338 g/mol. The fourth-order valence-electron chi connectivity index (χ4n) is 2.86. The minimum absolute atomic E-state index is 0.00281. The summed E-state index contributed by atoms with van der Waals surface area (Å²) < 4.78 is 0. The number of likely N-dealkylation sites (tertiary alicyclic amines) is 1. The van der Waals surface area contributed by atoms with Crippen molar-refractivity contribution in [3.63, 3.8) is 0 Å². The van der Waals surface area contributed by atoms with Gasteiger partial charge in [0.2, 0.25) is 5.91 Å². The topological polar surface area (TPSA) is 52.7 Å². The Labute approximate surface area is 142 Å². The van der Waals surface area contributed by atoms with E-state index < -0.39 is 0 Å². The van der Waals surface area contributed by atoms with Crippen LogP contribution in [0.25, 0.3) is 0 Å². The molecule has 0 aliphatic carbocycles. The quantitative estimate of drug-likeness (QED) is 0.808. The number of halogens is 1. The summed E-state index contributed by atoms with van der Waals surface area (Å²) in [7, 11) is 3.59. The number of carbonyl (C=O) groups is 2. The Hall–Kier alpha value is -1.59. The Morgan fingerprint density at radius 2 is 2.00 bits per heavy atom. The van der Waals surface area contributed by atoms with Crippen molar-refractivity contribution in [2.45, 2.75) is 25.3 Å².